The van der Waals surface area contributed by atoms with Gasteiger partial charge in [-0.3, -0.25) is 28.6 Å². The molecule has 0 unspecified atom stereocenters. The van der Waals surface area contributed by atoms with E-state index in [2.05, 4.69) is 5.32 Å². The molecule has 32 heavy (non-hydrogen) atoms. The number of fused-ring (bicyclic) bond motifs is 1. The molecule has 0 aliphatic heterocycles. The maximum Gasteiger partial charge on any atom is 0.308 e. The van der Waals surface area contributed by atoms with Crippen LogP contribution in [0, 0.1) is 17.0 Å². The highest BCUT2D eigenvalue weighted by Crippen LogP contribution is 2.28. The topological polar surface area (TPSA) is 132 Å². The molecule has 170 valence electrons. The van der Waals surface area contributed by atoms with Crippen LogP contribution in [0.15, 0.2) is 41.2 Å². The summed E-state index contributed by atoms with van der Waals surface area (Å²) in [6.45, 7) is 4.84. The molecule has 12 heteroatoms. The maximum atomic E-state index is 12.7. The molecule has 0 fully saturated rings. The lowest BCUT2D eigenvalue weighted by Gasteiger charge is -2.23. The summed E-state index contributed by atoms with van der Waals surface area (Å²) in [5.41, 5.74) is 1.39. The van der Waals surface area contributed by atoms with Crippen molar-refractivity contribution in [2.45, 2.75) is 26.8 Å². The molecule has 3 aromatic rings. The van der Waals surface area contributed by atoms with Crippen molar-refractivity contribution in [3.8, 4) is 0 Å². The van der Waals surface area contributed by atoms with Crippen LogP contribution < -0.4 is 14.5 Å². The van der Waals surface area contributed by atoms with E-state index in [9.17, 15) is 28.1 Å². The number of hydrogen-bond acceptors (Lipinski definition) is 7. The highest BCUT2D eigenvalue weighted by atomic mass is 32.2. The normalized spacial score (nSPS) is 11.7. The Balaban J connectivity index is 1.89. The fourth-order valence-electron chi connectivity index (χ4n) is 3.30. The first-order chi connectivity index (χ1) is 14.9. The number of thiazole rings is 1. The van der Waals surface area contributed by atoms with Gasteiger partial charge in [-0.15, -0.1) is 0 Å². The van der Waals surface area contributed by atoms with E-state index in [1.165, 1.54) is 12.1 Å². The third kappa shape index (κ3) is 4.81. The minimum Gasteiger partial charge on any atom is -0.324 e. The predicted octanol–water partition coefficient (Wildman–Crippen LogP) is 3.27. The highest BCUT2D eigenvalue weighted by Gasteiger charge is 2.24. The number of nitro benzene ring substituents is 1. The molecule has 0 saturated carbocycles. The number of benzene rings is 2. The smallest absolute Gasteiger partial charge is 0.308 e. The molecule has 1 amide bonds. The molecule has 0 bridgehead atoms. The Morgan fingerprint density at radius 3 is 2.53 bits per heavy atom. The van der Waals surface area contributed by atoms with Gasteiger partial charge in [0, 0.05) is 23.9 Å². The van der Waals surface area contributed by atoms with Crippen molar-refractivity contribution in [1.29, 1.82) is 0 Å². The Morgan fingerprint density at radius 2 is 1.94 bits per heavy atom. The summed E-state index contributed by atoms with van der Waals surface area (Å²) in [6.07, 6.45) is 0.927. The molecular formula is C20H22N4O6S2. The zero-order valence-electron chi connectivity index (χ0n) is 17.9. The molecule has 1 aromatic heterocycles. The van der Waals surface area contributed by atoms with Gasteiger partial charge >= 0.3 is 4.87 Å². The number of sulfonamides is 1. The molecule has 0 spiro atoms. The number of nitrogens with one attached hydrogen (secondary N) is 1. The van der Waals surface area contributed by atoms with Gasteiger partial charge in [0.2, 0.25) is 15.9 Å². The van der Waals surface area contributed by atoms with Gasteiger partial charge in [0.25, 0.3) is 5.69 Å². The molecule has 3 rings (SSSR count). The first-order valence-electron chi connectivity index (χ1n) is 9.56. The summed E-state index contributed by atoms with van der Waals surface area (Å²) in [5.74, 6) is -0.628. The largest absolute Gasteiger partial charge is 0.324 e. The summed E-state index contributed by atoms with van der Waals surface area (Å²) in [5, 5.41) is 13.7. The Hall–Kier alpha value is -3.25. The molecule has 0 aliphatic rings. The Morgan fingerprint density at radius 1 is 1.25 bits per heavy atom. The fourth-order valence-corrected chi connectivity index (χ4v) is 5.25. The molecule has 0 saturated heterocycles. The standard InChI is InChI=1S/C20H22N4O6S2/c1-12(2)23-16-8-6-14(9-18(16)31-20(23)26)21-19(25)11-22(32(4,29)30)17-10-15(24(27)28)7-5-13(17)3/h5-10,12H,11H2,1-4H3,(H,21,25). The molecule has 1 N–H and O–H groups in total. The Kier molecular flexibility index (Phi) is 6.37. The number of anilines is 2. The van der Waals surface area contributed by atoms with E-state index < -0.39 is 27.4 Å². The Labute approximate surface area is 188 Å². The van der Waals surface area contributed by atoms with Crippen molar-refractivity contribution in [3.63, 3.8) is 0 Å². The van der Waals surface area contributed by atoms with E-state index >= 15 is 0 Å². The lowest BCUT2D eigenvalue weighted by molar-refractivity contribution is -0.384. The molecule has 2 aromatic carbocycles. The van der Waals surface area contributed by atoms with E-state index in [0.717, 1.165) is 33.5 Å². The minimum absolute atomic E-state index is 0.0156. The summed E-state index contributed by atoms with van der Waals surface area (Å²) in [4.78, 5) is 35.3. The second kappa shape index (κ2) is 8.71. The van der Waals surface area contributed by atoms with Gasteiger partial charge < -0.3 is 5.32 Å². The van der Waals surface area contributed by atoms with Crippen LogP contribution in [0.5, 0.6) is 0 Å². The number of rotatable bonds is 7. The van der Waals surface area contributed by atoms with Crippen LogP contribution in [0.4, 0.5) is 17.1 Å². The first-order valence-corrected chi connectivity index (χ1v) is 12.2. The number of hydrogen-bond donors (Lipinski definition) is 1. The molecule has 0 aliphatic carbocycles. The van der Waals surface area contributed by atoms with Gasteiger partial charge in [0.1, 0.15) is 6.54 Å². The first kappa shape index (κ1) is 23.4. The molecule has 1 heterocycles. The van der Waals surface area contributed by atoms with Gasteiger partial charge in [-0.25, -0.2) is 8.42 Å². The van der Waals surface area contributed by atoms with Gasteiger partial charge in [-0.2, -0.15) is 0 Å². The minimum atomic E-state index is -3.91. The number of aromatic nitrogens is 1. The van der Waals surface area contributed by atoms with Gasteiger partial charge in [0.15, 0.2) is 0 Å². The maximum absolute atomic E-state index is 12.7. The van der Waals surface area contributed by atoms with E-state index in [1.807, 2.05) is 13.8 Å². The quantitative estimate of drug-likeness (QED) is 0.409. The van der Waals surface area contributed by atoms with Crippen LogP contribution in [0.2, 0.25) is 0 Å². The van der Waals surface area contributed by atoms with Crippen molar-refractivity contribution in [2.75, 3.05) is 22.4 Å². The number of non-ortho nitro benzene ring substituents is 1. The van der Waals surface area contributed by atoms with Crippen LogP contribution in [0.25, 0.3) is 10.2 Å². The van der Waals surface area contributed by atoms with E-state index in [-0.39, 0.29) is 22.3 Å². The summed E-state index contributed by atoms with van der Waals surface area (Å²) in [7, 11) is -3.91. The third-order valence-corrected chi connectivity index (χ3v) is 6.82. The summed E-state index contributed by atoms with van der Waals surface area (Å²) < 4.78 is 27.9. The van der Waals surface area contributed by atoms with Crippen LogP contribution in [-0.2, 0) is 14.8 Å². The zero-order chi connectivity index (χ0) is 23.8. The lowest BCUT2D eigenvalue weighted by atomic mass is 10.2. The van der Waals surface area contributed by atoms with Crippen molar-refractivity contribution < 1.29 is 18.1 Å². The molecular weight excluding hydrogens is 456 g/mol. The average molecular weight is 479 g/mol. The van der Waals surface area contributed by atoms with E-state index in [1.54, 1.807) is 29.7 Å². The van der Waals surface area contributed by atoms with Gasteiger partial charge in [0.05, 0.1) is 27.1 Å². The second-order valence-electron chi connectivity index (χ2n) is 7.56. The van der Waals surface area contributed by atoms with Crippen molar-refractivity contribution in [3.05, 3.63) is 61.7 Å². The summed E-state index contributed by atoms with van der Waals surface area (Å²) in [6, 6.07) is 8.82. The second-order valence-corrected chi connectivity index (χ2v) is 10.5. The van der Waals surface area contributed by atoms with E-state index in [0.29, 0.717) is 16.0 Å². The SMILES string of the molecule is Cc1ccc([N+](=O)[O-])cc1N(CC(=O)Nc1ccc2c(c1)sc(=O)n2C(C)C)S(C)(=O)=O. The number of nitrogens with zero attached hydrogens (tertiary/aromatic N) is 3. The van der Waals surface area contributed by atoms with Gasteiger partial charge in [-0.05, 0) is 44.5 Å². The highest BCUT2D eigenvalue weighted by molar-refractivity contribution is 7.92. The Bertz CT molecular complexity index is 1370. The van der Waals surface area contributed by atoms with Crippen molar-refractivity contribution in [2.24, 2.45) is 0 Å². The van der Waals surface area contributed by atoms with Crippen LogP contribution in [0.3, 0.4) is 0 Å². The number of carbonyl (C=O) groups is 1. The number of amides is 1. The monoisotopic (exact) mass is 478 g/mol. The fraction of sp³-hybridized carbons (Fsp3) is 0.300. The molecule has 0 radical (unpaired) electrons. The predicted molar refractivity (Wildman–Crippen MR) is 125 cm³/mol. The average Bonchev–Trinajstić information content (AvgIpc) is 3.00. The summed E-state index contributed by atoms with van der Waals surface area (Å²) >= 11 is 1.06. The van der Waals surface area contributed by atoms with Crippen LogP contribution >= 0.6 is 11.3 Å². The van der Waals surface area contributed by atoms with Crippen LogP contribution in [-0.4, -0.2) is 36.6 Å². The molecule has 0 atom stereocenters. The number of nitro groups is 1. The number of aryl methyl sites for hydroxylation is 1. The zero-order valence-corrected chi connectivity index (χ0v) is 19.5. The van der Waals surface area contributed by atoms with Gasteiger partial charge in [-0.1, -0.05) is 17.4 Å². The third-order valence-electron chi connectivity index (χ3n) is 4.77. The van der Waals surface area contributed by atoms with E-state index in [4.69, 9.17) is 0 Å². The lowest BCUT2D eigenvalue weighted by Crippen LogP contribution is -2.37. The number of carbonyl (C=O) groups excluding carboxylic acids is 1. The molecule has 10 nitrogen and oxygen atoms in total. The van der Waals surface area contributed by atoms with Crippen molar-refractivity contribution in [1.82, 2.24) is 4.57 Å². The van der Waals surface area contributed by atoms with Crippen LogP contribution in [0.1, 0.15) is 25.5 Å². The van der Waals surface area contributed by atoms with Crippen molar-refractivity contribution >= 4 is 54.5 Å².